The molecule has 1 aromatic rings. The maximum atomic E-state index is 11.4. The number of amides is 1. The summed E-state index contributed by atoms with van der Waals surface area (Å²) in [6.07, 6.45) is 2.52. The van der Waals surface area contributed by atoms with Gasteiger partial charge in [-0.15, -0.1) is 6.58 Å². The molecule has 0 heterocycles. The van der Waals surface area contributed by atoms with Crippen LogP contribution in [0.1, 0.15) is 5.56 Å². The molecule has 0 saturated carbocycles. The predicted molar refractivity (Wildman–Crippen MR) is 72.8 cm³/mol. The van der Waals surface area contributed by atoms with Crippen molar-refractivity contribution in [2.45, 2.75) is 6.42 Å². The highest BCUT2D eigenvalue weighted by molar-refractivity contribution is 5.77. The van der Waals surface area contributed by atoms with E-state index in [-0.39, 0.29) is 5.91 Å². The second-order valence-corrected chi connectivity index (χ2v) is 3.87. The normalized spacial score (nSPS) is 9.83. The number of nitrogens with one attached hydrogen (secondary N) is 2. The van der Waals surface area contributed by atoms with Gasteiger partial charge in [-0.2, -0.15) is 0 Å². The van der Waals surface area contributed by atoms with Gasteiger partial charge in [0.2, 0.25) is 5.91 Å². The second-order valence-electron chi connectivity index (χ2n) is 3.87. The number of benzene rings is 1. The largest absolute Gasteiger partial charge is 0.497 e. The molecule has 1 amide bonds. The zero-order chi connectivity index (χ0) is 13.2. The lowest BCUT2D eigenvalue weighted by Crippen LogP contribution is -2.34. The average Bonchev–Trinajstić information content (AvgIpc) is 2.39. The van der Waals surface area contributed by atoms with E-state index in [0.29, 0.717) is 19.6 Å². The summed E-state index contributed by atoms with van der Waals surface area (Å²) in [6, 6.07) is 7.84. The number of hydrogen-bond donors (Lipinski definition) is 2. The SMILES string of the molecule is C=CCNCC(=O)NCCc1cccc(OC)c1. The molecular weight excluding hydrogens is 228 g/mol. The van der Waals surface area contributed by atoms with Crippen LogP contribution in [0, 0.1) is 0 Å². The molecule has 0 radical (unpaired) electrons. The van der Waals surface area contributed by atoms with Gasteiger partial charge in [-0.05, 0) is 24.1 Å². The fraction of sp³-hybridized carbons (Fsp3) is 0.357. The topological polar surface area (TPSA) is 50.4 Å². The summed E-state index contributed by atoms with van der Waals surface area (Å²) in [5.74, 6) is 0.839. The number of hydrogen-bond acceptors (Lipinski definition) is 3. The first kappa shape index (κ1) is 14.3. The van der Waals surface area contributed by atoms with Crippen LogP contribution < -0.4 is 15.4 Å². The molecule has 0 fully saturated rings. The molecule has 1 aromatic carbocycles. The molecule has 0 atom stereocenters. The van der Waals surface area contributed by atoms with Crippen molar-refractivity contribution in [3.05, 3.63) is 42.5 Å². The fourth-order valence-corrected chi connectivity index (χ4v) is 1.52. The van der Waals surface area contributed by atoms with Gasteiger partial charge >= 0.3 is 0 Å². The number of methoxy groups -OCH3 is 1. The third kappa shape index (κ3) is 5.50. The van der Waals surface area contributed by atoms with Crippen LogP contribution in [0.25, 0.3) is 0 Å². The number of carbonyl (C=O) groups is 1. The lowest BCUT2D eigenvalue weighted by atomic mass is 10.1. The van der Waals surface area contributed by atoms with Crippen LogP contribution in [0.2, 0.25) is 0 Å². The Labute approximate surface area is 108 Å². The molecule has 4 nitrogen and oxygen atoms in total. The molecule has 18 heavy (non-hydrogen) atoms. The van der Waals surface area contributed by atoms with Crippen molar-refractivity contribution >= 4 is 5.91 Å². The molecule has 0 aromatic heterocycles. The standard InChI is InChI=1S/C14H20N2O2/c1-3-8-15-11-14(17)16-9-7-12-5-4-6-13(10-12)18-2/h3-6,10,15H,1,7-9,11H2,2H3,(H,16,17). The number of rotatable bonds is 8. The van der Waals surface area contributed by atoms with Gasteiger partial charge in [-0.3, -0.25) is 4.79 Å². The van der Waals surface area contributed by atoms with Crippen molar-refractivity contribution in [2.75, 3.05) is 26.7 Å². The molecule has 0 aliphatic heterocycles. The van der Waals surface area contributed by atoms with E-state index >= 15 is 0 Å². The van der Waals surface area contributed by atoms with E-state index in [9.17, 15) is 4.79 Å². The Morgan fingerprint density at radius 2 is 2.33 bits per heavy atom. The van der Waals surface area contributed by atoms with Gasteiger partial charge in [0.25, 0.3) is 0 Å². The molecule has 0 spiro atoms. The molecule has 2 N–H and O–H groups in total. The van der Waals surface area contributed by atoms with Crippen LogP contribution in [-0.4, -0.2) is 32.7 Å². The highest BCUT2D eigenvalue weighted by atomic mass is 16.5. The van der Waals surface area contributed by atoms with Crippen molar-refractivity contribution < 1.29 is 9.53 Å². The monoisotopic (exact) mass is 248 g/mol. The summed E-state index contributed by atoms with van der Waals surface area (Å²) in [6.45, 7) is 5.16. The Hall–Kier alpha value is -1.81. The van der Waals surface area contributed by atoms with Gasteiger partial charge in [0.1, 0.15) is 5.75 Å². The number of ether oxygens (including phenoxy) is 1. The van der Waals surface area contributed by atoms with Crippen LogP contribution in [-0.2, 0) is 11.2 Å². The van der Waals surface area contributed by atoms with E-state index < -0.39 is 0 Å². The Morgan fingerprint density at radius 1 is 1.50 bits per heavy atom. The first-order chi connectivity index (χ1) is 8.76. The summed E-state index contributed by atoms with van der Waals surface area (Å²) < 4.78 is 5.14. The highest BCUT2D eigenvalue weighted by Gasteiger charge is 2.00. The lowest BCUT2D eigenvalue weighted by Gasteiger charge is -2.07. The Morgan fingerprint density at radius 3 is 3.06 bits per heavy atom. The van der Waals surface area contributed by atoms with E-state index in [0.717, 1.165) is 17.7 Å². The molecule has 1 rings (SSSR count). The van der Waals surface area contributed by atoms with Crippen LogP contribution >= 0.6 is 0 Å². The van der Waals surface area contributed by atoms with Gasteiger partial charge < -0.3 is 15.4 Å². The smallest absolute Gasteiger partial charge is 0.233 e. The summed E-state index contributed by atoms with van der Waals surface area (Å²) >= 11 is 0. The Kier molecular flexibility index (Phi) is 6.58. The average molecular weight is 248 g/mol. The first-order valence-corrected chi connectivity index (χ1v) is 5.97. The third-order valence-corrected chi connectivity index (χ3v) is 2.44. The second kappa shape index (κ2) is 8.31. The fourth-order valence-electron chi connectivity index (χ4n) is 1.52. The van der Waals surface area contributed by atoms with Crippen molar-refractivity contribution in [1.82, 2.24) is 10.6 Å². The maximum Gasteiger partial charge on any atom is 0.233 e. The minimum atomic E-state index is -0.000235. The van der Waals surface area contributed by atoms with Crippen molar-refractivity contribution in [1.29, 1.82) is 0 Å². The van der Waals surface area contributed by atoms with Crippen molar-refractivity contribution in [2.24, 2.45) is 0 Å². The molecule has 4 heteroatoms. The van der Waals surface area contributed by atoms with Gasteiger partial charge in [-0.1, -0.05) is 18.2 Å². The van der Waals surface area contributed by atoms with Gasteiger partial charge in [-0.25, -0.2) is 0 Å². The van der Waals surface area contributed by atoms with E-state index in [4.69, 9.17) is 4.74 Å². The Balaban J connectivity index is 2.24. The van der Waals surface area contributed by atoms with Crippen molar-refractivity contribution in [3.8, 4) is 5.75 Å². The minimum absolute atomic E-state index is 0.000235. The summed E-state index contributed by atoms with van der Waals surface area (Å²) in [7, 11) is 1.65. The van der Waals surface area contributed by atoms with Crippen LogP contribution in [0.3, 0.4) is 0 Å². The lowest BCUT2D eigenvalue weighted by molar-refractivity contribution is -0.120. The zero-order valence-electron chi connectivity index (χ0n) is 10.7. The van der Waals surface area contributed by atoms with Gasteiger partial charge in [0.05, 0.1) is 13.7 Å². The van der Waals surface area contributed by atoms with Crippen molar-refractivity contribution in [3.63, 3.8) is 0 Å². The van der Waals surface area contributed by atoms with E-state index in [1.165, 1.54) is 0 Å². The summed E-state index contributed by atoms with van der Waals surface area (Å²) in [5.41, 5.74) is 1.15. The highest BCUT2D eigenvalue weighted by Crippen LogP contribution is 2.12. The van der Waals surface area contributed by atoms with Crippen LogP contribution in [0.4, 0.5) is 0 Å². The summed E-state index contributed by atoms with van der Waals surface area (Å²) in [5, 5.41) is 5.80. The molecule has 98 valence electrons. The minimum Gasteiger partial charge on any atom is -0.497 e. The first-order valence-electron chi connectivity index (χ1n) is 5.97. The van der Waals surface area contributed by atoms with Gasteiger partial charge in [0, 0.05) is 13.1 Å². The predicted octanol–water partition coefficient (Wildman–Crippen LogP) is 1.13. The third-order valence-electron chi connectivity index (χ3n) is 2.44. The van der Waals surface area contributed by atoms with E-state index in [2.05, 4.69) is 17.2 Å². The van der Waals surface area contributed by atoms with E-state index in [1.807, 2.05) is 24.3 Å². The molecule has 0 saturated heterocycles. The zero-order valence-corrected chi connectivity index (χ0v) is 10.7. The Bertz CT molecular complexity index is 391. The van der Waals surface area contributed by atoms with E-state index in [1.54, 1.807) is 13.2 Å². The van der Waals surface area contributed by atoms with Gasteiger partial charge in [0.15, 0.2) is 0 Å². The quantitative estimate of drug-likeness (QED) is 0.535. The number of carbonyl (C=O) groups excluding carboxylic acids is 1. The molecule has 0 aliphatic rings. The van der Waals surface area contributed by atoms with Crippen LogP contribution in [0.15, 0.2) is 36.9 Å². The van der Waals surface area contributed by atoms with Crippen LogP contribution in [0.5, 0.6) is 5.75 Å². The molecular formula is C14H20N2O2. The molecule has 0 bridgehead atoms. The summed E-state index contributed by atoms with van der Waals surface area (Å²) in [4.78, 5) is 11.4. The maximum absolute atomic E-state index is 11.4. The molecule has 0 aliphatic carbocycles. The molecule has 0 unspecified atom stereocenters.